The molecule has 0 saturated heterocycles. The highest BCUT2D eigenvalue weighted by Gasteiger charge is 2.34. The van der Waals surface area contributed by atoms with Crippen molar-refractivity contribution in [3.05, 3.63) is 0 Å². The van der Waals surface area contributed by atoms with Gasteiger partial charge >= 0.3 is 0 Å². The van der Waals surface area contributed by atoms with Crippen LogP contribution < -0.4 is 0 Å². The number of ether oxygens (including phenoxy) is 2. The summed E-state index contributed by atoms with van der Waals surface area (Å²) in [6.45, 7) is 3.98. The summed E-state index contributed by atoms with van der Waals surface area (Å²) in [4.78, 5) is 0. The average Bonchev–Trinajstić information content (AvgIpc) is 2.35. The van der Waals surface area contributed by atoms with Crippen LogP contribution in [0.4, 0.5) is 0 Å². The minimum Gasteiger partial charge on any atom is -0.385 e. The van der Waals surface area contributed by atoms with Gasteiger partial charge in [0.2, 0.25) is 0 Å². The molecule has 1 fully saturated rings. The van der Waals surface area contributed by atoms with E-state index in [9.17, 15) is 0 Å². The molecule has 16 heavy (non-hydrogen) atoms. The molecule has 2 nitrogen and oxygen atoms in total. The second-order valence-electron chi connectivity index (χ2n) is 4.86. The molecule has 0 bridgehead atoms. The van der Waals surface area contributed by atoms with E-state index < -0.39 is 0 Å². The predicted octanol–water partition coefficient (Wildman–Crippen LogP) is 3.81. The summed E-state index contributed by atoms with van der Waals surface area (Å²) in [6, 6.07) is 0. The van der Waals surface area contributed by atoms with Gasteiger partial charge in [-0.3, -0.25) is 0 Å². The number of hydrogen-bond acceptors (Lipinski definition) is 2. The van der Waals surface area contributed by atoms with E-state index in [2.05, 4.69) is 29.5 Å². The standard InChI is InChI=1S/C13H25IO2/c1-3-12-5-7-13(11-14,8-6-12)16-10-4-9-15-2/h12H,3-11H2,1-2H3. The van der Waals surface area contributed by atoms with Crippen LogP contribution in [0.2, 0.25) is 0 Å². The van der Waals surface area contributed by atoms with E-state index in [1.54, 1.807) is 7.11 Å². The lowest BCUT2D eigenvalue weighted by atomic mass is 9.79. The van der Waals surface area contributed by atoms with Crippen molar-refractivity contribution in [3.8, 4) is 0 Å². The molecule has 0 heterocycles. The molecule has 1 saturated carbocycles. The Labute approximate surface area is 114 Å². The van der Waals surface area contributed by atoms with Gasteiger partial charge in [0.15, 0.2) is 0 Å². The fourth-order valence-electron chi connectivity index (χ4n) is 2.42. The van der Waals surface area contributed by atoms with Gasteiger partial charge in [-0.05, 0) is 38.0 Å². The maximum absolute atomic E-state index is 6.13. The topological polar surface area (TPSA) is 18.5 Å². The molecule has 0 spiro atoms. The molecule has 96 valence electrons. The van der Waals surface area contributed by atoms with Crippen LogP contribution in [0, 0.1) is 5.92 Å². The Morgan fingerprint density at radius 1 is 1.25 bits per heavy atom. The van der Waals surface area contributed by atoms with Crippen LogP contribution in [0.5, 0.6) is 0 Å². The van der Waals surface area contributed by atoms with Crippen molar-refractivity contribution in [2.75, 3.05) is 24.8 Å². The molecule has 0 aromatic carbocycles. The molecule has 3 heteroatoms. The minimum atomic E-state index is 0.181. The van der Waals surface area contributed by atoms with Crippen molar-refractivity contribution in [2.24, 2.45) is 5.92 Å². The Bertz CT molecular complexity index is 177. The predicted molar refractivity (Wildman–Crippen MR) is 76.3 cm³/mol. The summed E-state index contributed by atoms with van der Waals surface area (Å²) in [7, 11) is 1.75. The molecule has 0 aliphatic heterocycles. The summed E-state index contributed by atoms with van der Waals surface area (Å²) >= 11 is 2.48. The highest BCUT2D eigenvalue weighted by atomic mass is 127. The normalized spacial score (nSPS) is 30.6. The Balaban J connectivity index is 2.28. The largest absolute Gasteiger partial charge is 0.385 e. The maximum Gasteiger partial charge on any atom is 0.0771 e. The van der Waals surface area contributed by atoms with Gasteiger partial charge in [-0.15, -0.1) is 0 Å². The van der Waals surface area contributed by atoms with Gasteiger partial charge in [0.25, 0.3) is 0 Å². The summed E-state index contributed by atoms with van der Waals surface area (Å²) in [6.07, 6.45) is 7.56. The third-order valence-corrected chi connectivity index (χ3v) is 5.13. The lowest BCUT2D eigenvalue weighted by Crippen LogP contribution is -2.39. The van der Waals surface area contributed by atoms with Crippen LogP contribution >= 0.6 is 22.6 Å². The zero-order valence-corrected chi connectivity index (χ0v) is 12.8. The van der Waals surface area contributed by atoms with Gasteiger partial charge in [0.1, 0.15) is 0 Å². The molecule has 1 rings (SSSR count). The summed E-state index contributed by atoms with van der Waals surface area (Å²) in [5.41, 5.74) is 0.181. The SMILES string of the molecule is CCC1CCC(CI)(OCCCOC)CC1. The molecule has 0 aromatic heterocycles. The molecule has 0 N–H and O–H groups in total. The zero-order chi connectivity index (χ0) is 11.9. The van der Waals surface area contributed by atoms with Crippen molar-refractivity contribution in [3.63, 3.8) is 0 Å². The molecule has 1 aliphatic carbocycles. The van der Waals surface area contributed by atoms with E-state index in [0.29, 0.717) is 0 Å². The van der Waals surface area contributed by atoms with Gasteiger partial charge in [-0.25, -0.2) is 0 Å². The number of methoxy groups -OCH3 is 1. The molecule has 0 unspecified atom stereocenters. The van der Waals surface area contributed by atoms with Crippen LogP contribution in [0.1, 0.15) is 45.4 Å². The summed E-state index contributed by atoms with van der Waals surface area (Å²) in [5, 5.41) is 0. The first-order valence-electron chi connectivity index (χ1n) is 6.45. The van der Waals surface area contributed by atoms with Crippen LogP contribution in [0.3, 0.4) is 0 Å². The van der Waals surface area contributed by atoms with E-state index in [0.717, 1.165) is 30.0 Å². The van der Waals surface area contributed by atoms with E-state index in [1.807, 2.05) is 0 Å². The average molecular weight is 340 g/mol. The van der Waals surface area contributed by atoms with Gasteiger partial charge in [0, 0.05) is 24.8 Å². The smallest absolute Gasteiger partial charge is 0.0771 e. The monoisotopic (exact) mass is 340 g/mol. The lowest BCUT2D eigenvalue weighted by Gasteiger charge is -2.39. The third-order valence-electron chi connectivity index (χ3n) is 3.74. The van der Waals surface area contributed by atoms with Crippen molar-refractivity contribution in [1.29, 1.82) is 0 Å². The molecule has 0 amide bonds. The Morgan fingerprint density at radius 2 is 1.94 bits per heavy atom. The van der Waals surface area contributed by atoms with Crippen molar-refractivity contribution < 1.29 is 9.47 Å². The summed E-state index contributed by atoms with van der Waals surface area (Å²) < 4.78 is 12.3. The fraction of sp³-hybridized carbons (Fsp3) is 1.00. The number of alkyl halides is 1. The molecular formula is C13H25IO2. The number of hydrogen-bond donors (Lipinski definition) is 0. The van der Waals surface area contributed by atoms with E-state index in [-0.39, 0.29) is 5.60 Å². The first-order chi connectivity index (χ1) is 7.76. The van der Waals surface area contributed by atoms with Gasteiger partial charge in [-0.2, -0.15) is 0 Å². The molecule has 0 atom stereocenters. The van der Waals surface area contributed by atoms with E-state index >= 15 is 0 Å². The second-order valence-corrected chi connectivity index (χ2v) is 5.63. The van der Waals surface area contributed by atoms with E-state index in [4.69, 9.17) is 9.47 Å². The first-order valence-corrected chi connectivity index (χ1v) is 7.98. The first kappa shape index (κ1) is 14.7. The van der Waals surface area contributed by atoms with Crippen molar-refractivity contribution >= 4 is 22.6 Å². The Morgan fingerprint density at radius 3 is 2.44 bits per heavy atom. The van der Waals surface area contributed by atoms with Crippen molar-refractivity contribution in [1.82, 2.24) is 0 Å². The highest BCUT2D eigenvalue weighted by Crippen LogP contribution is 2.37. The molecule has 1 aliphatic rings. The van der Waals surface area contributed by atoms with Crippen LogP contribution in [-0.2, 0) is 9.47 Å². The van der Waals surface area contributed by atoms with Crippen LogP contribution in [0.15, 0.2) is 0 Å². The van der Waals surface area contributed by atoms with Crippen LogP contribution in [0.25, 0.3) is 0 Å². The number of halogens is 1. The van der Waals surface area contributed by atoms with Gasteiger partial charge in [0.05, 0.1) is 5.60 Å². The van der Waals surface area contributed by atoms with Crippen molar-refractivity contribution in [2.45, 2.75) is 51.0 Å². The van der Waals surface area contributed by atoms with Gasteiger partial charge in [-0.1, -0.05) is 35.9 Å². The Hall–Kier alpha value is 0.650. The van der Waals surface area contributed by atoms with Crippen LogP contribution in [-0.4, -0.2) is 30.4 Å². The second kappa shape index (κ2) is 7.88. The molecular weight excluding hydrogens is 315 g/mol. The zero-order valence-electron chi connectivity index (χ0n) is 10.6. The van der Waals surface area contributed by atoms with Gasteiger partial charge < -0.3 is 9.47 Å². The quantitative estimate of drug-likeness (QED) is 0.399. The highest BCUT2D eigenvalue weighted by molar-refractivity contribution is 14.1. The summed E-state index contributed by atoms with van der Waals surface area (Å²) in [5.74, 6) is 0.943. The Kier molecular flexibility index (Phi) is 7.24. The molecule has 0 radical (unpaired) electrons. The lowest BCUT2D eigenvalue weighted by molar-refractivity contribution is -0.0634. The fourth-order valence-corrected chi connectivity index (χ4v) is 3.40. The number of rotatable bonds is 7. The van der Waals surface area contributed by atoms with E-state index in [1.165, 1.54) is 32.1 Å². The molecule has 0 aromatic rings. The third kappa shape index (κ3) is 4.49. The maximum atomic E-state index is 6.13. The minimum absolute atomic E-state index is 0.181.